The Morgan fingerprint density at radius 2 is 2.09 bits per heavy atom. The first-order chi connectivity index (χ1) is 10.7. The van der Waals surface area contributed by atoms with Crippen LogP contribution < -0.4 is 9.61 Å². The van der Waals surface area contributed by atoms with E-state index in [9.17, 15) is 4.79 Å². The maximum Gasteiger partial charge on any atom is 0.305 e. The van der Waals surface area contributed by atoms with E-state index in [0.717, 1.165) is 35.0 Å². The molecule has 2 aromatic rings. The SMILES string of the molecule is COc1ccc(-c2[nH]c(=O)sc2CN2CCCCC2C)cc1. The van der Waals surface area contributed by atoms with Crippen LogP contribution in [0.1, 0.15) is 31.1 Å². The molecule has 0 bridgehead atoms. The van der Waals surface area contributed by atoms with Gasteiger partial charge in [0.25, 0.3) is 0 Å². The van der Waals surface area contributed by atoms with Crippen LogP contribution in [0.5, 0.6) is 5.75 Å². The molecule has 1 aromatic heterocycles. The molecule has 0 saturated carbocycles. The van der Waals surface area contributed by atoms with Crippen molar-refractivity contribution in [1.29, 1.82) is 0 Å². The van der Waals surface area contributed by atoms with Crippen LogP contribution in [0, 0.1) is 0 Å². The number of aromatic nitrogens is 1. The molecule has 1 atom stereocenters. The van der Waals surface area contributed by atoms with Gasteiger partial charge in [-0.2, -0.15) is 0 Å². The lowest BCUT2D eigenvalue weighted by molar-refractivity contribution is 0.154. The molecule has 0 radical (unpaired) electrons. The number of likely N-dealkylation sites (tertiary alicyclic amines) is 1. The Balaban J connectivity index is 1.87. The first-order valence-corrected chi connectivity index (χ1v) is 8.59. The van der Waals surface area contributed by atoms with Gasteiger partial charge in [-0.25, -0.2) is 0 Å². The number of thiazole rings is 1. The fraction of sp³-hybridized carbons (Fsp3) is 0.471. The Labute approximate surface area is 134 Å². The van der Waals surface area contributed by atoms with Crippen molar-refractivity contribution in [2.24, 2.45) is 0 Å². The van der Waals surface area contributed by atoms with Crippen LogP contribution in [0.4, 0.5) is 0 Å². The van der Waals surface area contributed by atoms with Crippen LogP contribution in [0.15, 0.2) is 29.1 Å². The van der Waals surface area contributed by atoms with Crippen LogP contribution in [-0.2, 0) is 6.54 Å². The molecule has 1 fully saturated rings. The van der Waals surface area contributed by atoms with Crippen molar-refractivity contribution in [1.82, 2.24) is 9.88 Å². The molecular weight excluding hydrogens is 296 g/mol. The predicted octanol–water partition coefficient (Wildman–Crippen LogP) is 3.49. The van der Waals surface area contributed by atoms with E-state index >= 15 is 0 Å². The van der Waals surface area contributed by atoms with E-state index in [1.54, 1.807) is 7.11 Å². The number of nitrogens with one attached hydrogen (secondary N) is 1. The summed E-state index contributed by atoms with van der Waals surface area (Å²) in [6.07, 6.45) is 3.81. The summed E-state index contributed by atoms with van der Waals surface area (Å²) in [6, 6.07) is 8.45. The molecule has 5 heteroatoms. The highest BCUT2D eigenvalue weighted by Crippen LogP contribution is 2.28. The zero-order valence-electron chi connectivity index (χ0n) is 13.1. The molecular formula is C17H22N2O2S. The predicted molar refractivity (Wildman–Crippen MR) is 90.7 cm³/mol. The molecule has 2 heterocycles. The Morgan fingerprint density at radius 3 is 2.77 bits per heavy atom. The molecule has 0 aliphatic carbocycles. The van der Waals surface area contributed by atoms with Gasteiger partial charge in [0.2, 0.25) is 0 Å². The van der Waals surface area contributed by atoms with Crippen LogP contribution in [0.25, 0.3) is 11.3 Å². The van der Waals surface area contributed by atoms with Gasteiger partial charge in [-0.1, -0.05) is 17.8 Å². The normalized spacial score (nSPS) is 19.3. The van der Waals surface area contributed by atoms with E-state index in [0.29, 0.717) is 6.04 Å². The first kappa shape index (κ1) is 15.3. The minimum absolute atomic E-state index is 0.0190. The third-order valence-corrected chi connectivity index (χ3v) is 5.25. The van der Waals surface area contributed by atoms with Crippen LogP contribution in [-0.4, -0.2) is 29.6 Å². The fourth-order valence-electron chi connectivity index (χ4n) is 3.04. The lowest BCUT2D eigenvalue weighted by atomic mass is 10.0. The van der Waals surface area contributed by atoms with Gasteiger partial charge in [0.1, 0.15) is 5.75 Å². The molecule has 1 aliphatic heterocycles. The molecule has 1 aromatic carbocycles. The number of ether oxygens (including phenoxy) is 1. The second kappa shape index (κ2) is 6.67. The van der Waals surface area contributed by atoms with Crippen molar-refractivity contribution in [2.45, 2.75) is 38.8 Å². The van der Waals surface area contributed by atoms with Gasteiger partial charge < -0.3 is 9.72 Å². The Hall–Kier alpha value is -1.59. The average Bonchev–Trinajstić information content (AvgIpc) is 2.90. The monoisotopic (exact) mass is 318 g/mol. The molecule has 1 unspecified atom stereocenters. The summed E-state index contributed by atoms with van der Waals surface area (Å²) in [5, 5.41) is 0. The van der Waals surface area contributed by atoms with Crippen molar-refractivity contribution in [3.05, 3.63) is 38.8 Å². The largest absolute Gasteiger partial charge is 0.497 e. The number of H-pyrrole nitrogens is 1. The molecule has 1 aliphatic rings. The number of piperidine rings is 1. The molecule has 118 valence electrons. The number of aromatic amines is 1. The third kappa shape index (κ3) is 3.25. The topological polar surface area (TPSA) is 45.3 Å². The fourth-order valence-corrected chi connectivity index (χ4v) is 3.92. The molecule has 4 nitrogen and oxygen atoms in total. The third-order valence-electron chi connectivity index (χ3n) is 4.39. The average molecular weight is 318 g/mol. The second-order valence-electron chi connectivity index (χ2n) is 5.86. The highest BCUT2D eigenvalue weighted by atomic mass is 32.1. The Kier molecular flexibility index (Phi) is 4.64. The molecule has 1 N–H and O–H groups in total. The first-order valence-electron chi connectivity index (χ1n) is 7.78. The number of hydrogen-bond donors (Lipinski definition) is 1. The number of nitrogens with zero attached hydrogens (tertiary/aromatic N) is 1. The van der Waals surface area contributed by atoms with Gasteiger partial charge >= 0.3 is 4.87 Å². The Morgan fingerprint density at radius 1 is 1.32 bits per heavy atom. The van der Waals surface area contributed by atoms with Crippen molar-refractivity contribution in [2.75, 3.05) is 13.7 Å². The summed E-state index contributed by atoms with van der Waals surface area (Å²) in [4.78, 5) is 18.5. The molecule has 1 saturated heterocycles. The van der Waals surface area contributed by atoms with E-state index in [-0.39, 0.29) is 4.87 Å². The highest BCUT2D eigenvalue weighted by Gasteiger charge is 2.21. The van der Waals surface area contributed by atoms with E-state index in [1.165, 1.54) is 30.6 Å². The van der Waals surface area contributed by atoms with Crippen molar-refractivity contribution < 1.29 is 4.74 Å². The van der Waals surface area contributed by atoms with Gasteiger partial charge in [-0.15, -0.1) is 0 Å². The summed E-state index contributed by atoms with van der Waals surface area (Å²) >= 11 is 1.33. The number of hydrogen-bond acceptors (Lipinski definition) is 4. The van der Waals surface area contributed by atoms with Crippen LogP contribution in [0.2, 0.25) is 0 Å². The molecule has 22 heavy (non-hydrogen) atoms. The minimum atomic E-state index is 0.0190. The van der Waals surface area contributed by atoms with Crippen LogP contribution >= 0.6 is 11.3 Å². The molecule has 3 rings (SSSR count). The number of benzene rings is 1. The highest BCUT2D eigenvalue weighted by molar-refractivity contribution is 7.09. The van der Waals surface area contributed by atoms with E-state index in [2.05, 4.69) is 16.8 Å². The summed E-state index contributed by atoms with van der Waals surface area (Å²) in [6.45, 7) is 4.25. The summed E-state index contributed by atoms with van der Waals surface area (Å²) in [7, 11) is 1.66. The van der Waals surface area contributed by atoms with Gasteiger partial charge in [-0.05, 0) is 56.1 Å². The minimum Gasteiger partial charge on any atom is -0.497 e. The lowest BCUT2D eigenvalue weighted by Crippen LogP contribution is -2.36. The number of methoxy groups -OCH3 is 1. The van der Waals surface area contributed by atoms with Crippen molar-refractivity contribution >= 4 is 11.3 Å². The summed E-state index contributed by atoms with van der Waals surface area (Å²) < 4.78 is 5.20. The smallest absolute Gasteiger partial charge is 0.305 e. The Bertz CT molecular complexity index is 675. The van der Waals surface area contributed by atoms with E-state index in [4.69, 9.17) is 4.74 Å². The molecule has 0 amide bonds. The lowest BCUT2D eigenvalue weighted by Gasteiger charge is -2.33. The van der Waals surface area contributed by atoms with Crippen molar-refractivity contribution in [3.63, 3.8) is 0 Å². The summed E-state index contributed by atoms with van der Waals surface area (Å²) in [5.41, 5.74) is 1.99. The van der Waals surface area contributed by atoms with Gasteiger partial charge in [0.05, 0.1) is 12.8 Å². The maximum atomic E-state index is 11.9. The van der Waals surface area contributed by atoms with Crippen molar-refractivity contribution in [3.8, 4) is 17.0 Å². The van der Waals surface area contributed by atoms with E-state index in [1.807, 2.05) is 24.3 Å². The zero-order valence-corrected chi connectivity index (χ0v) is 13.9. The van der Waals surface area contributed by atoms with Gasteiger partial charge in [0, 0.05) is 17.5 Å². The van der Waals surface area contributed by atoms with Gasteiger partial charge in [0.15, 0.2) is 0 Å². The van der Waals surface area contributed by atoms with E-state index < -0.39 is 0 Å². The van der Waals surface area contributed by atoms with Gasteiger partial charge in [-0.3, -0.25) is 9.69 Å². The zero-order chi connectivity index (χ0) is 15.5. The number of rotatable bonds is 4. The maximum absolute atomic E-state index is 11.9. The summed E-state index contributed by atoms with van der Waals surface area (Å²) in [5.74, 6) is 0.826. The molecule has 0 spiro atoms. The second-order valence-corrected chi connectivity index (χ2v) is 6.92. The van der Waals surface area contributed by atoms with Crippen LogP contribution in [0.3, 0.4) is 0 Å². The quantitative estimate of drug-likeness (QED) is 0.938. The standard InChI is InChI=1S/C17H22N2O2S/c1-12-5-3-4-10-19(12)11-15-16(18-17(20)22-15)13-6-8-14(21-2)9-7-13/h6-9,12H,3-5,10-11H2,1-2H3,(H,18,20).